The Morgan fingerprint density at radius 1 is 0.197 bits per heavy atom. The van der Waals surface area contributed by atoms with Gasteiger partial charge in [-0.2, -0.15) is 0 Å². The number of imidazole rings is 1. The molecule has 0 aliphatic heterocycles. The minimum absolute atomic E-state index is 0.00879. The maximum atomic E-state index is 5.00. The molecule has 12 nitrogen and oxygen atoms in total. The van der Waals surface area contributed by atoms with Crippen molar-refractivity contribution in [3.8, 4) is 28.2 Å². The highest BCUT2D eigenvalue weighted by Crippen LogP contribution is 2.39. The summed E-state index contributed by atoms with van der Waals surface area (Å²) in [5.41, 5.74) is 28.3. The Morgan fingerprint density at radius 2 is 0.479 bits per heavy atom. The summed E-state index contributed by atoms with van der Waals surface area (Å²) in [4.78, 5) is 34.4. The van der Waals surface area contributed by atoms with Crippen LogP contribution in [0.2, 0.25) is 0 Å². The van der Waals surface area contributed by atoms with Crippen LogP contribution in [0.1, 0.15) is 121 Å². The molecule has 21 aromatic rings. The average molecular weight is 1530 g/mol. The molecule has 13 aromatic carbocycles. The summed E-state index contributed by atoms with van der Waals surface area (Å²) >= 11 is 0. The van der Waals surface area contributed by atoms with Crippen LogP contribution in [0.3, 0.4) is 0 Å². The third kappa shape index (κ3) is 14.7. The number of nitrogens with zero attached hydrogens (tertiary/aromatic N) is 12. The van der Waals surface area contributed by atoms with Gasteiger partial charge in [0.2, 0.25) is 0 Å². The Morgan fingerprint density at radius 3 is 0.872 bits per heavy atom. The summed E-state index contributed by atoms with van der Waals surface area (Å²) in [5.74, 6) is 1.10. The monoisotopic (exact) mass is 1530 g/mol. The van der Waals surface area contributed by atoms with Crippen LogP contribution < -0.4 is 0 Å². The van der Waals surface area contributed by atoms with E-state index in [2.05, 4.69) is 363 Å². The second-order valence-corrected chi connectivity index (χ2v) is 35.4. The van der Waals surface area contributed by atoms with Gasteiger partial charge in [-0.3, -0.25) is 13.7 Å². The average Bonchev–Trinajstić information content (AvgIpc) is 1.60. The first-order valence-electron chi connectivity index (χ1n) is 40.6. The highest BCUT2D eigenvalue weighted by molar-refractivity contribution is 6.11. The van der Waals surface area contributed by atoms with Crippen LogP contribution in [-0.4, -0.2) is 57.7 Å². The fourth-order valence-electron chi connectivity index (χ4n) is 16.2. The normalized spacial score (nSPS) is 12.2. The van der Waals surface area contributed by atoms with E-state index in [1.165, 1.54) is 66.2 Å². The molecule has 0 fully saturated rings. The van der Waals surface area contributed by atoms with E-state index >= 15 is 0 Å². The van der Waals surface area contributed by atoms with Crippen LogP contribution in [0.15, 0.2) is 322 Å². The molecule has 0 atom stereocenters. The quantitative estimate of drug-likeness (QED) is 0.172. The van der Waals surface area contributed by atoms with Crippen molar-refractivity contribution in [2.45, 2.75) is 131 Å². The van der Waals surface area contributed by atoms with Crippen LogP contribution in [0, 0.1) is 0 Å². The standard InChI is InChI=1S/C30H25N3.C24H21N3.C18H17N3.C17H18N2.C16H17N/c1-30(2,3)22-16-12-20(13-17-22)21-14-18-23(19-15-21)33-27-11-7-4-8-24(27)28-29(33)32-26-10-6-5-9-25(26)31-28;1-24(2,3)16-12-14-17(15-13-16)27-21-11-7-4-8-18(21)22-23(27)26-20-10-6-5-9-19(20)25-22;1-18(2,3)21-15-11-7-4-8-12(15)16-17(21)20-14-10-6-5-9-13(14)19-16;1-17(2,3)16-18-14-11-7-8-12-15(14)19(16)13-9-5-4-6-10-13;1-16(2,3)17-14-10-6-4-8-12(14)13-9-5-7-11-15(13)17/h4-19H,1-3H3;4-15H,1-3H3;4-11H,1-3H3;4-12H,1-3H3;4-11H,1-3H3. The minimum Gasteiger partial charge on any atom is -0.335 e. The second-order valence-electron chi connectivity index (χ2n) is 35.4. The third-order valence-electron chi connectivity index (χ3n) is 21.9. The van der Waals surface area contributed by atoms with Crippen LogP contribution in [0.5, 0.6) is 0 Å². The lowest BCUT2D eigenvalue weighted by Gasteiger charge is -2.24. The molecule has 0 aliphatic carbocycles. The first kappa shape index (κ1) is 76.2. The van der Waals surface area contributed by atoms with Gasteiger partial charge < -0.3 is 9.13 Å². The zero-order valence-electron chi connectivity index (χ0n) is 69.5. The molecule has 0 unspecified atom stereocenters. The summed E-state index contributed by atoms with van der Waals surface area (Å²) in [5, 5.41) is 6.11. The summed E-state index contributed by atoms with van der Waals surface area (Å²) in [6, 6.07) is 112. The molecule has 12 heteroatoms. The molecule has 117 heavy (non-hydrogen) atoms. The zero-order valence-corrected chi connectivity index (χ0v) is 69.5. The van der Waals surface area contributed by atoms with Crippen LogP contribution in [0.4, 0.5) is 0 Å². The van der Waals surface area contributed by atoms with Crippen molar-refractivity contribution in [1.29, 1.82) is 0 Å². The van der Waals surface area contributed by atoms with Gasteiger partial charge in [-0.05, 0) is 190 Å². The summed E-state index contributed by atoms with van der Waals surface area (Å²) in [7, 11) is 0. The van der Waals surface area contributed by atoms with Gasteiger partial charge in [0.1, 0.15) is 22.4 Å². The highest BCUT2D eigenvalue weighted by Gasteiger charge is 2.27. The number of aromatic nitrogens is 12. The lowest BCUT2D eigenvalue weighted by Crippen LogP contribution is -2.21. The van der Waals surface area contributed by atoms with Crippen LogP contribution in [-0.2, 0) is 27.3 Å². The van der Waals surface area contributed by atoms with E-state index in [-0.39, 0.29) is 27.3 Å². The number of benzene rings is 13. The molecular formula is C105H98N12. The topological polar surface area (TPSA) is 115 Å². The molecule has 0 bridgehead atoms. The molecule has 0 aliphatic rings. The van der Waals surface area contributed by atoms with Gasteiger partial charge in [-0.15, -0.1) is 0 Å². The smallest absolute Gasteiger partial charge is 0.165 e. The van der Waals surface area contributed by atoms with E-state index in [9.17, 15) is 0 Å². The maximum Gasteiger partial charge on any atom is 0.165 e. The molecule has 8 heterocycles. The lowest BCUT2D eigenvalue weighted by molar-refractivity contribution is 0.421. The van der Waals surface area contributed by atoms with Crippen molar-refractivity contribution < 1.29 is 0 Å². The number of hydrogen-bond donors (Lipinski definition) is 0. The summed E-state index contributed by atoms with van der Waals surface area (Å²) < 4.78 is 11.4. The summed E-state index contributed by atoms with van der Waals surface area (Å²) in [6.45, 7) is 33.4. The van der Waals surface area contributed by atoms with Gasteiger partial charge >= 0.3 is 0 Å². The Labute approximate surface area is 683 Å². The van der Waals surface area contributed by atoms with Crippen molar-refractivity contribution in [1.82, 2.24) is 57.7 Å². The predicted octanol–water partition coefficient (Wildman–Crippen LogP) is 27.1. The first-order chi connectivity index (χ1) is 56.2. The molecule has 0 N–H and O–H groups in total. The Balaban J connectivity index is 0.000000107. The van der Waals surface area contributed by atoms with Gasteiger partial charge in [0.15, 0.2) is 16.9 Å². The molecular weight excluding hydrogens is 1430 g/mol. The zero-order chi connectivity index (χ0) is 81.3. The van der Waals surface area contributed by atoms with E-state index in [4.69, 9.17) is 34.9 Å². The van der Waals surface area contributed by atoms with Crippen molar-refractivity contribution in [3.05, 3.63) is 338 Å². The largest absolute Gasteiger partial charge is 0.335 e. The Kier molecular flexibility index (Phi) is 19.6. The van der Waals surface area contributed by atoms with Crippen molar-refractivity contribution in [3.63, 3.8) is 0 Å². The van der Waals surface area contributed by atoms with Crippen molar-refractivity contribution in [2.75, 3.05) is 0 Å². The van der Waals surface area contributed by atoms with E-state index in [1.54, 1.807) is 0 Å². The van der Waals surface area contributed by atoms with Crippen LogP contribution >= 0.6 is 0 Å². The van der Waals surface area contributed by atoms with E-state index in [1.807, 2.05) is 84.9 Å². The van der Waals surface area contributed by atoms with Gasteiger partial charge in [0.25, 0.3) is 0 Å². The third-order valence-corrected chi connectivity index (χ3v) is 21.9. The van der Waals surface area contributed by atoms with Gasteiger partial charge in [0, 0.05) is 71.5 Å². The molecule has 0 radical (unpaired) electrons. The maximum absolute atomic E-state index is 5.00. The molecule has 578 valence electrons. The molecule has 21 rings (SSSR count). The lowest BCUT2D eigenvalue weighted by atomic mass is 9.86. The number of rotatable bonds is 4. The number of para-hydroxylation sites is 14. The van der Waals surface area contributed by atoms with E-state index in [0.29, 0.717) is 0 Å². The van der Waals surface area contributed by atoms with Crippen LogP contribution in [0.25, 0.3) is 160 Å². The van der Waals surface area contributed by atoms with E-state index < -0.39 is 0 Å². The van der Waals surface area contributed by atoms with Gasteiger partial charge in [-0.25, -0.2) is 34.9 Å². The fraction of sp³-hybridized carbons (Fsp3) is 0.190. The molecule has 8 aromatic heterocycles. The Hall–Kier alpha value is -13.5. The first-order valence-corrected chi connectivity index (χ1v) is 40.6. The predicted molar refractivity (Wildman–Crippen MR) is 492 cm³/mol. The van der Waals surface area contributed by atoms with Gasteiger partial charge in [0.05, 0.1) is 60.7 Å². The molecule has 0 spiro atoms. The van der Waals surface area contributed by atoms with Crippen molar-refractivity contribution in [2.24, 2.45) is 0 Å². The molecule has 0 amide bonds. The highest BCUT2D eigenvalue weighted by atomic mass is 15.1. The molecule has 0 saturated carbocycles. The Bertz CT molecular complexity index is 7190. The van der Waals surface area contributed by atoms with Crippen molar-refractivity contribution >= 4 is 132 Å². The number of hydrogen-bond acceptors (Lipinski definition) is 7. The second kappa shape index (κ2) is 30.1. The number of fused-ring (bicyclic) bond motifs is 16. The molecule has 0 saturated heterocycles. The fourth-order valence-corrected chi connectivity index (χ4v) is 16.2. The minimum atomic E-state index is -0.0432. The SMILES string of the molecule is CC(C)(C)c1ccc(-c2ccc(-n3c4ccccc4c4nc5ccccc5nc43)cc2)cc1.CC(C)(C)c1ccc(-n2c3ccccc3c3nc4ccccc4nc32)cc1.CC(C)(C)c1nc2ccccc2n1-c1ccccc1.CC(C)(C)n1c2ccccc2c2ccccc21.CC(C)(C)n1c2ccccc2c2nc3ccccc3nc21. The van der Waals surface area contributed by atoms with Gasteiger partial charge in [-0.1, -0.05) is 269 Å². The summed E-state index contributed by atoms with van der Waals surface area (Å²) in [6.07, 6.45) is 0. The van der Waals surface area contributed by atoms with E-state index in [0.717, 1.165) is 111 Å².